The van der Waals surface area contributed by atoms with Crippen molar-refractivity contribution in [1.82, 2.24) is 4.31 Å². The average Bonchev–Trinajstić information content (AvgIpc) is 3.36. The summed E-state index contributed by atoms with van der Waals surface area (Å²) in [5, 5.41) is 7.64. The average molecular weight is 533 g/mol. The highest BCUT2D eigenvalue weighted by Gasteiger charge is 2.39. The van der Waals surface area contributed by atoms with Gasteiger partial charge in [0.05, 0.1) is 10.5 Å². The Hall–Kier alpha value is -3.90. The lowest BCUT2D eigenvalue weighted by Crippen LogP contribution is -2.43. The molecule has 0 aliphatic carbocycles. The molecule has 3 aromatic carbocycles. The number of sulfonamides is 1. The highest BCUT2D eigenvalue weighted by molar-refractivity contribution is 7.89. The Morgan fingerprint density at radius 1 is 0.784 bits per heavy atom. The number of benzene rings is 3. The van der Waals surface area contributed by atoms with Crippen molar-refractivity contribution in [3.63, 3.8) is 0 Å². The van der Waals surface area contributed by atoms with Gasteiger partial charge in [-0.1, -0.05) is 18.2 Å². The van der Waals surface area contributed by atoms with Crippen LogP contribution in [0, 0.1) is 0 Å². The second-order valence-corrected chi connectivity index (χ2v) is 10.2. The first-order valence-electron chi connectivity index (χ1n) is 11.3. The minimum Gasteiger partial charge on any atom is -0.325 e. The van der Waals surface area contributed by atoms with E-state index >= 15 is 0 Å². The van der Waals surface area contributed by atoms with E-state index < -0.39 is 39.7 Å². The Morgan fingerprint density at radius 2 is 1.32 bits per heavy atom. The first-order chi connectivity index (χ1) is 17.5. The summed E-state index contributed by atoms with van der Waals surface area (Å²) in [6.45, 7) is 0.199. The number of hydrogen-bond acceptors (Lipinski definition) is 4. The Kier molecular flexibility index (Phi) is 7.50. The zero-order valence-corrected chi connectivity index (χ0v) is 20.1. The molecule has 37 heavy (non-hydrogen) atoms. The molecule has 3 aromatic rings. The molecule has 1 heterocycles. The number of nitrogens with zero attached hydrogens (tertiary/aromatic N) is 1. The van der Waals surface area contributed by atoms with Crippen molar-refractivity contribution in [3.05, 3.63) is 84.4 Å². The summed E-state index contributed by atoms with van der Waals surface area (Å²) in [7, 11) is -3.98. The summed E-state index contributed by atoms with van der Waals surface area (Å²) >= 11 is 0. The van der Waals surface area contributed by atoms with Crippen LogP contribution in [-0.2, 0) is 21.0 Å². The first-order valence-corrected chi connectivity index (χ1v) is 12.7. The second kappa shape index (κ2) is 10.6. The highest BCUT2D eigenvalue weighted by atomic mass is 32.2. The van der Waals surface area contributed by atoms with Crippen LogP contribution >= 0.6 is 0 Å². The number of para-hydroxylation sites is 1. The molecule has 1 aliphatic rings. The van der Waals surface area contributed by atoms with E-state index in [0.717, 1.165) is 24.3 Å². The molecule has 0 aromatic heterocycles. The summed E-state index contributed by atoms with van der Waals surface area (Å²) in [4.78, 5) is 24.9. The molecule has 0 saturated carbocycles. The third kappa shape index (κ3) is 6.27. The topological polar surface area (TPSA) is 108 Å². The fourth-order valence-corrected chi connectivity index (χ4v) is 5.57. The van der Waals surface area contributed by atoms with Crippen LogP contribution in [0.2, 0.25) is 0 Å². The number of carbonyl (C=O) groups is 2. The van der Waals surface area contributed by atoms with E-state index in [-0.39, 0.29) is 22.8 Å². The number of amides is 3. The predicted molar refractivity (Wildman–Crippen MR) is 133 cm³/mol. The van der Waals surface area contributed by atoms with E-state index in [1.54, 1.807) is 30.3 Å². The molecular formula is C25H23F3N4O4S. The quantitative estimate of drug-likeness (QED) is 0.409. The lowest BCUT2D eigenvalue weighted by atomic mass is 10.2. The van der Waals surface area contributed by atoms with E-state index in [9.17, 15) is 31.2 Å². The van der Waals surface area contributed by atoms with Crippen molar-refractivity contribution in [1.29, 1.82) is 0 Å². The van der Waals surface area contributed by atoms with Crippen LogP contribution in [0.25, 0.3) is 0 Å². The maximum Gasteiger partial charge on any atom is 0.416 e. The molecular weight excluding hydrogens is 509 g/mol. The minimum absolute atomic E-state index is 0.0411. The maximum absolute atomic E-state index is 13.2. The third-order valence-corrected chi connectivity index (χ3v) is 7.66. The monoisotopic (exact) mass is 532 g/mol. The van der Waals surface area contributed by atoms with Gasteiger partial charge in [-0.3, -0.25) is 4.79 Å². The van der Waals surface area contributed by atoms with Gasteiger partial charge < -0.3 is 16.0 Å². The maximum atomic E-state index is 13.2. The van der Waals surface area contributed by atoms with Crippen molar-refractivity contribution < 1.29 is 31.2 Å². The van der Waals surface area contributed by atoms with Crippen molar-refractivity contribution >= 4 is 39.0 Å². The molecule has 0 bridgehead atoms. The van der Waals surface area contributed by atoms with Crippen molar-refractivity contribution in [2.75, 3.05) is 22.5 Å². The van der Waals surface area contributed by atoms with E-state index in [2.05, 4.69) is 16.0 Å². The second-order valence-electron chi connectivity index (χ2n) is 8.31. The Labute approximate surface area is 211 Å². The van der Waals surface area contributed by atoms with E-state index in [1.807, 2.05) is 0 Å². The summed E-state index contributed by atoms with van der Waals surface area (Å²) < 4.78 is 65.7. The van der Waals surface area contributed by atoms with E-state index in [4.69, 9.17) is 0 Å². The molecule has 1 fully saturated rings. The Bertz CT molecular complexity index is 1360. The van der Waals surface area contributed by atoms with Gasteiger partial charge >= 0.3 is 12.2 Å². The number of halogens is 3. The van der Waals surface area contributed by atoms with Crippen molar-refractivity contribution in [2.24, 2.45) is 0 Å². The fourth-order valence-electron chi connectivity index (χ4n) is 3.92. The van der Waals surface area contributed by atoms with Gasteiger partial charge in [0.25, 0.3) is 0 Å². The van der Waals surface area contributed by atoms with Gasteiger partial charge in [0.1, 0.15) is 6.04 Å². The number of urea groups is 1. The number of alkyl halides is 3. The van der Waals surface area contributed by atoms with Gasteiger partial charge in [-0.05, 0) is 73.5 Å². The molecule has 12 heteroatoms. The SMILES string of the molecule is O=C(Nc1ccc(C(F)(F)F)cc1)Nc1ccc(S(=O)(=O)N2CCC[C@H]2C(=O)Nc2ccccc2)cc1. The zero-order chi connectivity index (χ0) is 26.6. The molecule has 1 saturated heterocycles. The molecule has 0 radical (unpaired) electrons. The van der Waals surface area contributed by atoms with Gasteiger partial charge in [-0.2, -0.15) is 17.5 Å². The summed E-state index contributed by atoms with van der Waals surface area (Å²) in [6.07, 6.45) is -3.55. The fraction of sp³-hybridized carbons (Fsp3) is 0.200. The standard InChI is InChI=1S/C25H23F3N4O4S/c26-25(27,28)17-8-10-19(11-9-17)30-24(34)31-20-12-14-21(15-13-20)37(35,36)32-16-4-7-22(32)23(33)29-18-5-2-1-3-6-18/h1-3,5-6,8-15,22H,4,7,16H2,(H,29,33)(H2,30,31,34)/t22-/m0/s1. The van der Waals surface area contributed by atoms with Gasteiger partial charge in [-0.25, -0.2) is 13.2 Å². The van der Waals surface area contributed by atoms with Crippen LogP contribution in [0.3, 0.4) is 0 Å². The lowest BCUT2D eigenvalue weighted by molar-refractivity contribution is -0.137. The van der Waals surface area contributed by atoms with E-state index in [0.29, 0.717) is 18.5 Å². The van der Waals surface area contributed by atoms with Crippen LogP contribution in [-0.4, -0.2) is 37.2 Å². The largest absolute Gasteiger partial charge is 0.416 e. The molecule has 3 N–H and O–H groups in total. The smallest absolute Gasteiger partial charge is 0.325 e. The minimum atomic E-state index is -4.48. The summed E-state index contributed by atoms with van der Waals surface area (Å²) in [5.74, 6) is -0.412. The number of hydrogen-bond donors (Lipinski definition) is 3. The molecule has 4 rings (SSSR count). The number of rotatable bonds is 6. The number of nitrogens with one attached hydrogen (secondary N) is 3. The van der Waals surface area contributed by atoms with Crippen LogP contribution in [0.1, 0.15) is 18.4 Å². The lowest BCUT2D eigenvalue weighted by Gasteiger charge is -2.23. The molecule has 8 nitrogen and oxygen atoms in total. The highest BCUT2D eigenvalue weighted by Crippen LogP contribution is 2.30. The summed E-state index contributed by atoms with van der Waals surface area (Å²) in [6, 6.07) is 16.5. The number of carbonyl (C=O) groups excluding carboxylic acids is 2. The number of anilines is 3. The van der Waals surface area contributed by atoms with Crippen LogP contribution in [0.15, 0.2) is 83.8 Å². The third-order valence-electron chi connectivity index (χ3n) is 5.74. The van der Waals surface area contributed by atoms with Gasteiger partial charge in [-0.15, -0.1) is 0 Å². The van der Waals surface area contributed by atoms with Crippen LogP contribution in [0.4, 0.5) is 35.0 Å². The Balaban J connectivity index is 1.39. The molecule has 194 valence electrons. The Morgan fingerprint density at radius 3 is 1.89 bits per heavy atom. The zero-order valence-electron chi connectivity index (χ0n) is 19.3. The molecule has 0 unspecified atom stereocenters. The predicted octanol–water partition coefficient (Wildman–Crippen LogP) is 5.14. The van der Waals surface area contributed by atoms with Crippen LogP contribution in [0.5, 0.6) is 0 Å². The van der Waals surface area contributed by atoms with Crippen molar-refractivity contribution in [2.45, 2.75) is 30.0 Å². The van der Waals surface area contributed by atoms with Crippen LogP contribution < -0.4 is 16.0 Å². The molecule has 1 aliphatic heterocycles. The molecule has 0 spiro atoms. The molecule has 1 atom stereocenters. The van der Waals surface area contributed by atoms with E-state index in [1.165, 1.54) is 28.6 Å². The van der Waals surface area contributed by atoms with Gasteiger partial charge in [0.15, 0.2) is 0 Å². The normalized spacial score (nSPS) is 16.2. The molecule has 3 amide bonds. The first kappa shape index (κ1) is 26.2. The van der Waals surface area contributed by atoms with Gasteiger partial charge in [0.2, 0.25) is 15.9 Å². The van der Waals surface area contributed by atoms with Gasteiger partial charge in [0, 0.05) is 23.6 Å². The summed E-state index contributed by atoms with van der Waals surface area (Å²) in [5.41, 5.74) is 0.150. The van der Waals surface area contributed by atoms with Crippen molar-refractivity contribution in [3.8, 4) is 0 Å².